The van der Waals surface area contributed by atoms with E-state index in [1.807, 2.05) is 0 Å². The Hall–Kier alpha value is -1.98. The molecule has 19 heavy (non-hydrogen) atoms. The highest BCUT2D eigenvalue weighted by atomic mass is 16.4. The molecule has 0 radical (unpaired) electrons. The van der Waals surface area contributed by atoms with E-state index in [4.69, 9.17) is 5.11 Å². The number of aliphatic carboxylic acids is 1. The van der Waals surface area contributed by atoms with Gasteiger partial charge in [0.25, 0.3) is 5.91 Å². The third-order valence-electron chi connectivity index (χ3n) is 2.98. The molecule has 1 aromatic heterocycles. The Morgan fingerprint density at radius 3 is 2.37 bits per heavy atom. The molecule has 6 heteroatoms. The van der Waals surface area contributed by atoms with E-state index in [0.29, 0.717) is 11.5 Å². The first-order valence-corrected chi connectivity index (χ1v) is 5.96. The number of aryl methyl sites for hydroxylation is 2. The van der Waals surface area contributed by atoms with Gasteiger partial charge in [0, 0.05) is 18.3 Å². The fraction of sp³-hybridized carbons (Fsp3) is 0.538. The predicted octanol–water partition coefficient (Wildman–Crippen LogP) is 1.42. The lowest BCUT2D eigenvalue weighted by Crippen LogP contribution is -2.46. The van der Waals surface area contributed by atoms with Crippen molar-refractivity contribution in [2.24, 2.45) is 0 Å². The molecule has 0 spiro atoms. The summed E-state index contributed by atoms with van der Waals surface area (Å²) in [7, 11) is 1.58. The Balaban J connectivity index is 3.02. The van der Waals surface area contributed by atoms with Crippen LogP contribution in [-0.2, 0) is 4.79 Å². The van der Waals surface area contributed by atoms with Crippen molar-refractivity contribution < 1.29 is 14.7 Å². The number of carboxylic acid groups (broad SMARTS) is 1. The number of amides is 1. The van der Waals surface area contributed by atoms with Crippen LogP contribution in [0, 0.1) is 13.8 Å². The zero-order valence-corrected chi connectivity index (χ0v) is 11.9. The number of carbonyl (C=O) groups excluding carboxylic acids is 1. The third kappa shape index (κ3) is 3.74. The first-order chi connectivity index (χ1) is 8.63. The van der Waals surface area contributed by atoms with Crippen molar-refractivity contribution in [3.05, 3.63) is 23.3 Å². The Bertz CT molecular complexity index is 492. The van der Waals surface area contributed by atoms with Crippen molar-refractivity contribution >= 4 is 11.9 Å². The molecule has 0 aliphatic rings. The molecule has 0 aliphatic heterocycles. The van der Waals surface area contributed by atoms with Crippen molar-refractivity contribution in [1.29, 1.82) is 0 Å². The van der Waals surface area contributed by atoms with Gasteiger partial charge in [-0.1, -0.05) is 0 Å². The average molecular weight is 265 g/mol. The first-order valence-electron chi connectivity index (χ1n) is 5.96. The maximum atomic E-state index is 12.3. The molecular weight excluding hydrogens is 246 g/mol. The van der Waals surface area contributed by atoms with Crippen LogP contribution in [0.15, 0.2) is 6.07 Å². The minimum absolute atomic E-state index is 0.127. The van der Waals surface area contributed by atoms with E-state index in [9.17, 15) is 9.59 Å². The van der Waals surface area contributed by atoms with Gasteiger partial charge in [0.05, 0.1) is 6.42 Å². The lowest BCUT2D eigenvalue weighted by Gasteiger charge is -2.34. The second-order valence-corrected chi connectivity index (χ2v) is 5.19. The Labute approximate surface area is 112 Å². The van der Waals surface area contributed by atoms with Crippen molar-refractivity contribution in [3.63, 3.8) is 0 Å². The van der Waals surface area contributed by atoms with Crippen LogP contribution in [0.5, 0.6) is 0 Å². The lowest BCUT2D eigenvalue weighted by molar-refractivity contribution is -0.139. The van der Waals surface area contributed by atoms with Crippen LogP contribution in [0.2, 0.25) is 0 Å². The summed E-state index contributed by atoms with van der Waals surface area (Å²) in [4.78, 5) is 32.8. The standard InChI is InChI=1S/C13H19N3O3/c1-8-6-10(15-9(2)14-8)12(19)16(5)13(3,4)7-11(17)18/h6H,7H2,1-5H3,(H,17,18). The van der Waals surface area contributed by atoms with Gasteiger partial charge in [0.1, 0.15) is 11.5 Å². The summed E-state index contributed by atoms with van der Waals surface area (Å²) in [6.45, 7) is 6.92. The van der Waals surface area contributed by atoms with Crippen molar-refractivity contribution in [2.45, 2.75) is 39.7 Å². The number of rotatable bonds is 4. The van der Waals surface area contributed by atoms with Crippen LogP contribution in [0.3, 0.4) is 0 Å². The molecule has 1 rings (SSSR count). The number of nitrogens with zero attached hydrogens (tertiary/aromatic N) is 3. The van der Waals surface area contributed by atoms with E-state index in [1.165, 1.54) is 4.90 Å². The van der Waals surface area contributed by atoms with Crippen LogP contribution in [0.25, 0.3) is 0 Å². The quantitative estimate of drug-likeness (QED) is 0.890. The fourth-order valence-corrected chi connectivity index (χ4v) is 1.76. The van der Waals surface area contributed by atoms with E-state index in [0.717, 1.165) is 0 Å². The normalized spacial score (nSPS) is 11.2. The van der Waals surface area contributed by atoms with Crippen LogP contribution in [0.1, 0.15) is 42.3 Å². The molecule has 0 fully saturated rings. The summed E-state index contributed by atoms with van der Waals surface area (Å²) in [5.74, 6) is -0.729. The summed E-state index contributed by atoms with van der Waals surface area (Å²) in [5, 5.41) is 8.87. The van der Waals surface area contributed by atoms with Gasteiger partial charge < -0.3 is 10.0 Å². The summed E-state index contributed by atoms with van der Waals surface area (Å²) in [6.07, 6.45) is -0.127. The predicted molar refractivity (Wildman–Crippen MR) is 69.9 cm³/mol. The fourth-order valence-electron chi connectivity index (χ4n) is 1.76. The molecule has 1 heterocycles. The Morgan fingerprint density at radius 2 is 1.89 bits per heavy atom. The molecule has 0 saturated heterocycles. The van der Waals surface area contributed by atoms with Crippen LogP contribution in [0.4, 0.5) is 0 Å². The van der Waals surface area contributed by atoms with Crippen LogP contribution in [-0.4, -0.2) is 44.4 Å². The van der Waals surface area contributed by atoms with Gasteiger partial charge in [0.2, 0.25) is 0 Å². The van der Waals surface area contributed by atoms with Gasteiger partial charge >= 0.3 is 5.97 Å². The van der Waals surface area contributed by atoms with Gasteiger partial charge in [-0.25, -0.2) is 9.97 Å². The van der Waals surface area contributed by atoms with E-state index in [-0.39, 0.29) is 18.0 Å². The second-order valence-electron chi connectivity index (χ2n) is 5.19. The zero-order valence-electron chi connectivity index (χ0n) is 11.9. The summed E-state index contributed by atoms with van der Waals surface area (Å²) >= 11 is 0. The average Bonchev–Trinajstić information content (AvgIpc) is 2.23. The molecular formula is C13H19N3O3. The molecule has 0 aliphatic carbocycles. The molecule has 1 aromatic rings. The van der Waals surface area contributed by atoms with Gasteiger partial charge in [-0.2, -0.15) is 0 Å². The van der Waals surface area contributed by atoms with Crippen molar-refractivity contribution in [3.8, 4) is 0 Å². The third-order valence-corrected chi connectivity index (χ3v) is 2.98. The highest BCUT2D eigenvalue weighted by Gasteiger charge is 2.31. The maximum Gasteiger partial charge on any atom is 0.305 e. The summed E-state index contributed by atoms with van der Waals surface area (Å²) < 4.78 is 0. The molecule has 0 aromatic carbocycles. The molecule has 0 unspecified atom stereocenters. The number of hydrogen-bond acceptors (Lipinski definition) is 4. The molecule has 1 amide bonds. The minimum atomic E-state index is -0.945. The Kier molecular flexibility index (Phi) is 4.24. The number of hydrogen-bond donors (Lipinski definition) is 1. The lowest BCUT2D eigenvalue weighted by atomic mass is 9.98. The van der Waals surface area contributed by atoms with Gasteiger partial charge in [-0.3, -0.25) is 9.59 Å². The van der Waals surface area contributed by atoms with Crippen molar-refractivity contribution in [2.75, 3.05) is 7.05 Å². The van der Waals surface area contributed by atoms with Crippen molar-refractivity contribution in [1.82, 2.24) is 14.9 Å². The highest BCUT2D eigenvalue weighted by Crippen LogP contribution is 2.19. The first kappa shape index (κ1) is 15.1. The highest BCUT2D eigenvalue weighted by molar-refractivity contribution is 5.93. The Morgan fingerprint density at radius 1 is 1.32 bits per heavy atom. The second kappa shape index (κ2) is 5.34. The number of carboxylic acids is 1. The van der Waals surface area contributed by atoms with E-state index in [2.05, 4.69) is 9.97 Å². The molecule has 0 bridgehead atoms. The molecule has 0 saturated carbocycles. The SMILES string of the molecule is Cc1cc(C(=O)N(C)C(C)(C)CC(=O)O)nc(C)n1. The molecule has 6 nitrogen and oxygen atoms in total. The van der Waals surface area contributed by atoms with E-state index in [1.54, 1.807) is 40.8 Å². The van der Waals surface area contributed by atoms with Crippen LogP contribution >= 0.6 is 0 Å². The van der Waals surface area contributed by atoms with Gasteiger partial charge in [-0.15, -0.1) is 0 Å². The number of aromatic nitrogens is 2. The van der Waals surface area contributed by atoms with Gasteiger partial charge in [-0.05, 0) is 33.8 Å². The smallest absolute Gasteiger partial charge is 0.305 e. The number of carbonyl (C=O) groups is 2. The van der Waals surface area contributed by atoms with E-state index >= 15 is 0 Å². The molecule has 0 atom stereocenters. The monoisotopic (exact) mass is 265 g/mol. The largest absolute Gasteiger partial charge is 0.481 e. The van der Waals surface area contributed by atoms with Gasteiger partial charge in [0.15, 0.2) is 0 Å². The molecule has 1 N–H and O–H groups in total. The summed E-state index contributed by atoms with van der Waals surface area (Å²) in [5.41, 5.74) is 0.210. The minimum Gasteiger partial charge on any atom is -0.481 e. The topological polar surface area (TPSA) is 83.4 Å². The molecule has 104 valence electrons. The summed E-state index contributed by atoms with van der Waals surface area (Å²) in [6, 6.07) is 1.60. The van der Waals surface area contributed by atoms with E-state index < -0.39 is 11.5 Å². The maximum absolute atomic E-state index is 12.3. The zero-order chi connectivity index (χ0) is 14.8. The van der Waals surface area contributed by atoms with Crippen LogP contribution < -0.4 is 0 Å².